The van der Waals surface area contributed by atoms with Crippen molar-refractivity contribution in [2.75, 3.05) is 0 Å². The number of rotatable bonds is 3. The fraction of sp³-hybridized carbons (Fsp3) is 0.125. The standard InChI is InChI=1S/C16H13ClO2/c1-10-5-3-4-6-13(10)14-7-12(8-18)15(9-19)16(17)11(14)2/h3-9H,1-2H3. The Morgan fingerprint density at radius 1 is 1.00 bits per heavy atom. The van der Waals surface area contributed by atoms with Crippen LogP contribution in [-0.2, 0) is 0 Å². The third-order valence-corrected chi connectivity index (χ3v) is 3.75. The van der Waals surface area contributed by atoms with Crippen molar-refractivity contribution in [3.63, 3.8) is 0 Å². The van der Waals surface area contributed by atoms with Crippen LogP contribution in [0.3, 0.4) is 0 Å². The van der Waals surface area contributed by atoms with Gasteiger partial charge >= 0.3 is 0 Å². The molecule has 2 aromatic carbocycles. The molecule has 0 spiro atoms. The Balaban J connectivity index is 2.79. The average Bonchev–Trinajstić information content (AvgIpc) is 2.42. The van der Waals surface area contributed by atoms with Gasteiger partial charge in [0.05, 0.1) is 5.02 Å². The molecule has 0 amide bonds. The lowest BCUT2D eigenvalue weighted by Crippen LogP contribution is -1.98. The van der Waals surface area contributed by atoms with Crippen molar-refractivity contribution < 1.29 is 9.59 Å². The molecule has 19 heavy (non-hydrogen) atoms. The predicted molar refractivity (Wildman–Crippen MR) is 77.1 cm³/mol. The van der Waals surface area contributed by atoms with Gasteiger partial charge in [-0.2, -0.15) is 0 Å². The molecule has 0 N–H and O–H groups in total. The fourth-order valence-electron chi connectivity index (χ4n) is 2.16. The average molecular weight is 273 g/mol. The molecule has 0 aliphatic heterocycles. The summed E-state index contributed by atoms with van der Waals surface area (Å²) in [5.74, 6) is 0. The smallest absolute Gasteiger partial charge is 0.152 e. The Morgan fingerprint density at radius 2 is 1.68 bits per heavy atom. The van der Waals surface area contributed by atoms with Crippen LogP contribution in [0.1, 0.15) is 31.8 Å². The first kappa shape index (κ1) is 13.5. The summed E-state index contributed by atoms with van der Waals surface area (Å²) in [5, 5.41) is 0.345. The minimum absolute atomic E-state index is 0.256. The quantitative estimate of drug-likeness (QED) is 0.783. The van der Waals surface area contributed by atoms with E-state index in [1.807, 2.05) is 38.1 Å². The van der Waals surface area contributed by atoms with E-state index in [0.717, 1.165) is 22.3 Å². The zero-order valence-electron chi connectivity index (χ0n) is 10.7. The maximum atomic E-state index is 11.1. The Morgan fingerprint density at radius 3 is 2.26 bits per heavy atom. The minimum Gasteiger partial charge on any atom is -0.298 e. The third-order valence-electron chi connectivity index (χ3n) is 3.26. The highest BCUT2D eigenvalue weighted by Crippen LogP contribution is 2.34. The van der Waals surface area contributed by atoms with Gasteiger partial charge in [0.2, 0.25) is 0 Å². The van der Waals surface area contributed by atoms with Crippen molar-refractivity contribution in [1.29, 1.82) is 0 Å². The van der Waals surface area contributed by atoms with E-state index in [4.69, 9.17) is 11.6 Å². The zero-order chi connectivity index (χ0) is 14.0. The lowest BCUT2D eigenvalue weighted by atomic mass is 9.92. The van der Waals surface area contributed by atoms with Gasteiger partial charge in [-0.25, -0.2) is 0 Å². The van der Waals surface area contributed by atoms with Crippen LogP contribution in [0.15, 0.2) is 30.3 Å². The second-order valence-corrected chi connectivity index (χ2v) is 4.79. The van der Waals surface area contributed by atoms with Crippen molar-refractivity contribution in [3.05, 3.63) is 57.6 Å². The number of aldehydes is 2. The molecule has 0 radical (unpaired) electrons. The molecule has 0 unspecified atom stereocenters. The van der Waals surface area contributed by atoms with Crippen molar-refractivity contribution in [3.8, 4) is 11.1 Å². The molecule has 0 atom stereocenters. The molecule has 3 heteroatoms. The van der Waals surface area contributed by atoms with Crippen LogP contribution in [-0.4, -0.2) is 12.6 Å². The lowest BCUT2D eigenvalue weighted by molar-refractivity contribution is 0.109. The van der Waals surface area contributed by atoms with E-state index < -0.39 is 0 Å². The summed E-state index contributed by atoms with van der Waals surface area (Å²) in [7, 11) is 0. The Labute approximate surface area is 117 Å². The van der Waals surface area contributed by atoms with E-state index in [9.17, 15) is 9.59 Å². The fourth-order valence-corrected chi connectivity index (χ4v) is 2.42. The SMILES string of the molecule is Cc1ccccc1-c1cc(C=O)c(C=O)c(Cl)c1C. The highest BCUT2D eigenvalue weighted by atomic mass is 35.5. The number of carbonyl (C=O) groups excluding carboxylic acids is 2. The predicted octanol–water partition coefficient (Wildman–Crippen LogP) is 4.25. The van der Waals surface area contributed by atoms with Crippen molar-refractivity contribution in [1.82, 2.24) is 0 Å². The monoisotopic (exact) mass is 272 g/mol. The van der Waals surface area contributed by atoms with Crippen molar-refractivity contribution in [2.45, 2.75) is 13.8 Å². The van der Waals surface area contributed by atoms with E-state index in [2.05, 4.69) is 0 Å². The van der Waals surface area contributed by atoms with Crippen molar-refractivity contribution in [2.24, 2.45) is 0 Å². The molecular weight excluding hydrogens is 260 g/mol. The first-order valence-electron chi connectivity index (χ1n) is 5.89. The van der Waals surface area contributed by atoms with Gasteiger partial charge in [0.1, 0.15) is 0 Å². The van der Waals surface area contributed by atoms with Gasteiger partial charge in [0.15, 0.2) is 12.6 Å². The molecular formula is C16H13ClO2. The van der Waals surface area contributed by atoms with E-state index in [1.54, 1.807) is 6.07 Å². The summed E-state index contributed by atoms with van der Waals surface area (Å²) in [5.41, 5.74) is 4.38. The second-order valence-electron chi connectivity index (χ2n) is 4.42. The first-order chi connectivity index (χ1) is 9.10. The minimum atomic E-state index is 0.256. The van der Waals surface area contributed by atoms with Gasteiger partial charge in [-0.15, -0.1) is 0 Å². The summed E-state index contributed by atoms with van der Waals surface area (Å²) < 4.78 is 0. The Kier molecular flexibility index (Phi) is 3.82. The molecule has 2 aromatic rings. The van der Waals surface area contributed by atoms with E-state index in [-0.39, 0.29) is 5.56 Å². The molecule has 0 aromatic heterocycles. The zero-order valence-corrected chi connectivity index (χ0v) is 11.5. The molecule has 0 heterocycles. The van der Waals surface area contributed by atoms with Crippen LogP contribution in [0.25, 0.3) is 11.1 Å². The van der Waals surface area contributed by atoms with Gasteiger partial charge in [0.25, 0.3) is 0 Å². The molecule has 0 aliphatic carbocycles. The molecule has 0 bridgehead atoms. The van der Waals surface area contributed by atoms with Gasteiger partial charge < -0.3 is 0 Å². The van der Waals surface area contributed by atoms with Crippen LogP contribution in [0, 0.1) is 13.8 Å². The highest BCUT2D eigenvalue weighted by molar-refractivity contribution is 6.34. The van der Waals surface area contributed by atoms with Crippen molar-refractivity contribution >= 4 is 24.2 Å². The van der Waals surface area contributed by atoms with Crippen LogP contribution in [0.2, 0.25) is 5.02 Å². The van der Waals surface area contributed by atoms with E-state index in [1.165, 1.54) is 0 Å². The first-order valence-corrected chi connectivity index (χ1v) is 6.27. The van der Waals surface area contributed by atoms with Gasteiger partial charge in [-0.05, 0) is 42.2 Å². The topological polar surface area (TPSA) is 34.1 Å². The molecule has 2 nitrogen and oxygen atoms in total. The Hall–Kier alpha value is -1.93. The number of benzene rings is 2. The molecule has 96 valence electrons. The normalized spacial score (nSPS) is 10.3. The molecule has 0 saturated carbocycles. The summed E-state index contributed by atoms with van der Waals surface area (Å²) in [4.78, 5) is 22.1. The molecule has 0 aliphatic rings. The summed E-state index contributed by atoms with van der Waals surface area (Å²) in [6.45, 7) is 3.85. The van der Waals surface area contributed by atoms with Gasteiger partial charge in [-0.3, -0.25) is 9.59 Å². The Bertz CT molecular complexity index is 660. The van der Waals surface area contributed by atoms with Crippen LogP contribution >= 0.6 is 11.6 Å². The summed E-state index contributed by atoms with van der Waals surface area (Å²) in [6.07, 6.45) is 1.29. The summed E-state index contributed by atoms with van der Waals surface area (Å²) in [6, 6.07) is 9.58. The molecule has 0 fully saturated rings. The van der Waals surface area contributed by atoms with Crippen LogP contribution in [0.4, 0.5) is 0 Å². The largest absolute Gasteiger partial charge is 0.298 e. The number of hydrogen-bond acceptors (Lipinski definition) is 2. The van der Waals surface area contributed by atoms with E-state index >= 15 is 0 Å². The van der Waals surface area contributed by atoms with Gasteiger partial charge in [0, 0.05) is 11.1 Å². The molecule has 2 rings (SSSR count). The number of halogens is 1. The van der Waals surface area contributed by atoms with Crippen LogP contribution in [0.5, 0.6) is 0 Å². The van der Waals surface area contributed by atoms with Crippen LogP contribution < -0.4 is 0 Å². The van der Waals surface area contributed by atoms with Gasteiger partial charge in [-0.1, -0.05) is 35.9 Å². The maximum absolute atomic E-state index is 11.1. The number of carbonyl (C=O) groups is 2. The third kappa shape index (κ3) is 2.32. The second kappa shape index (κ2) is 5.37. The van der Waals surface area contributed by atoms with E-state index in [0.29, 0.717) is 23.2 Å². The highest BCUT2D eigenvalue weighted by Gasteiger charge is 2.15. The lowest BCUT2D eigenvalue weighted by Gasteiger charge is -2.13. The molecule has 0 saturated heterocycles. The maximum Gasteiger partial charge on any atom is 0.152 e. The number of aryl methyl sites for hydroxylation is 1. The summed E-state index contributed by atoms with van der Waals surface area (Å²) >= 11 is 6.19. The number of hydrogen-bond donors (Lipinski definition) is 0.